The highest BCUT2D eigenvalue weighted by molar-refractivity contribution is 6.01. The van der Waals surface area contributed by atoms with Crippen molar-refractivity contribution in [1.82, 2.24) is 9.55 Å². The Morgan fingerprint density at radius 3 is 2.74 bits per heavy atom. The maximum absolute atomic E-state index is 11.3. The number of rotatable bonds is 4. The average molecular weight is 259 g/mol. The number of carboxylic acid groups (broad SMARTS) is 1. The number of carbonyl (C=O) groups excluding carboxylic acids is 1. The van der Waals surface area contributed by atoms with Crippen LogP contribution in [0.15, 0.2) is 18.2 Å². The molecule has 6 nitrogen and oxygen atoms in total. The zero-order chi connectivity index (χ0) is 13.6. The van der Waals surface area contributed by atoms with Crippen LogP contribution in [0.5, 0.6) is 0 Å². The maximum atomic E-state index is 11.3. The van der Waals surface area contributed by atoms with E-state index in [1.54, 1.807) is 16.7 Å². The Morgan fingerprint density at radius 1 is 1.42 bits per heavy atom. The van der Waals surface area contributed by atoms with E-state index in [1.165, 1.54) is 6.07 Å². The monoisotopic (exact) mass is 259 g/mol. The van der Waals surface area contributed by atoms with Gasteiger partial charge < -0.3 is 15.4 Å². The largest absolute Gasteiger partial charge is 0.478 e. The summed E-state index contributed by atoms with van der Waals surface area (Å²) in [5, 5.41) is 9.25. The van der Waals surface area contributed by atoms with Crippen LogP contribution in [0.4, 0.5) is 0 Å². The number of amides is 1. The fourth-order valence-corrected chi connectivity index (χ4v) is 2.35. The van der Waals surface area contributed by atoms with Gasteiger partial charge in [0.1, 0.15) is 12.4 Å². The summed E-state index contributed by atoms with van der Waals surface area (Å²) in [5.74, 6) is -0.448. The molecule has 1 fully saturated rings. The highest BCUT2D eigenvalue weighted by Crippen LogP contribution is 2.41. The van der Waals surface area contributed by atoms with Crippen molar-refractivity contribution >= 4 is 22.9 Å². The molecule has 1 aromatic carbocycles. The van der Waals surface area contributed by atoms with Gasteiger partial charge in [-0.3, -0.25) is 4.79 Å². The lowest BCUT2D eigenvalue weighted by molar-refractivity contribution is -0.118. The Labute approximate surface area is 108 Å². The third-order valence-electron chi connectivity index (χ3n) is 3.28. The lowest BCUT2D eigenvalue weighted by atomic mass is 10.2. The van der Waals surface area contributed by atoms with E-state index >= 15 is 0 Å². The molecule has 0 saturated heterocycles. The zero-order valence-corrected chi connectivity index (χ0v) is 10.2. The minimum atomic E-state index is -1.03. The van der Waals surface area contributed by atoms with E-state index in [4.69, 9.17) is 5.73 Å². The normalized spacial score (nSPS) is 14.7. The number of nitrogens with zero attached hydrogens (tertiary/aromatic N) is 2. The van der Waals surface area contributed by atoms with E-state index < -0.39 is 11.9 Å². The van der Waals surface area contributed by atoms with Gasteiger partial charge in [0, 0.05) is 5.92 Å². The quantitative estimate of drug-likeness (QED) is 0.858. The Kier molecular flexibility index (Phi) is 2.51. The zero-order valence-electron chi connectivity index (χ0n) is 10.2. The van der Waals surface area contributed by atoms with Crippen LogP contribution in [0.25, 0.3) is 11.0 Å². The number of nitrogens with two attached hydrogens (primary N) is 1. The summed E-state index contributed by atoms with van der Waals surface area (Å²) in [5.41, 5.74) is 6.49. The first-order valence-electron chi connectivity index (χ1n) is 6.08. The van der Waals surface area contributed by atoms with Crippen LogP contribution in [0.2, 0.25) is 0 Å². The molecule has 98 valence electrons. The first kappa shape index (κ1) is 11.7. The molecule has 1 heterocycles. The molecule has 0 bridgehead atoms. The number of carbonyl (C=O) groups is 2. The van der Waals surface area contributed by atoms with Crippen molar-refractivity contribution in [3.05, 3.63) is 29.6 Å². The van der Waals surface area contributed by atoms with Crippen LogP contribution in [-0.2, 0) is 11.3 Å². The standard InChI is InChI=1S/C13H13N3O3/c14-10(17)6-16-11-8(13(18)19)2-1-3-9(11)15-12(16)7-4-5-7/h1-3,7H,4-6H2,(H2,14,17)(H,18,19). The van der Waals surface area contributed by atoms with Gasteiger partial charge in [-0.15, -0.1) is 0 Å². The van der Waals surface area contributed by atoms with Gasteiger partial charge in [-0.25, -0.2) is 9.78 Å². The van der Waals surface area contributed by atoms with Crippen LogP contribution >= 0.6 is 0 Å². The fraction of sp³-hybridized carbons (Fsp3) is 0.308. The van der Waals surface area contributed by atoms with Crippen LogP contribution < -0.4 is 5.73 Å². The molecule has 1 amide bonds. The number of hydrogen-bond acceptors (Lipinski definition) is 3. The van der Waals surface area contributed by atoms with E-state index in [-0.39, 0.29) is 12.1 Å². The summed E-state index contributed by atoms with van der Waals surface area (Å²) >= 11 is 0. The number of hydrogen-bond donors (Lipinski definition) is 2. The predicted octanol–water partition coefficient (Wildman–Crippen LogP) is 1.10. The van der Waals surface area contributed by atoms with Gasteiger partial charge in [0.2, 0.25) is 5.91 Å². The first-order valence-corrected chi connectivity index (χ1v) is 6.08. The third-order valence-corrected chi connectivity index (χ3v) is 3.28. The highest BCUT2D eigenvalue weighted by Gasteiger charge is 2.31. The minimum Gasteiger partial charge on any atom is -0.478 e. The summed E-state index contributed by atoms with van der Waals surface area (Å²) in [6.07, 6.45) is 2.04. The molecular formula is C13H13N3O3. The second-order valence-corrected chi connectivity index (χ2v) is 4.78. The molecule has 0 radical (unpaired) electrons. The van der Waals surface area contributed by atoms with Crippen LogP contribution in [-0.4, -0.2) is 26.5 Å². The van der Waals surface area contributed by atoms with Crippen molar-refractivity contribution in [3.63, 3.8) is 0 Å². The van der Waals surface area contributed by atoms with Crippen molar-refractivity contribution in [2.75, 3.05) is 0 Å². The number of carboxylic acids is 1. The van der Waals surface area contributed by atoms with Gasteiger partial charge in [0.15, 0.2) is 0 Å². The van der Waals surface area contributed by atoms with E-state index in [9.17, 15) is 14.7 Å². The molecule has 2 aromatic rings. The summed E-state index contributed by atoms with van der Waals surface area (Å²) < 4.78 is 1.65. The van der Waals surface area contributed by atoms with Gasteiger partial charge in [-0.2, -0.15) is 0 Å². The Bertz CT molecular complexity index is 686. The summed E-state index contributed by atoms with van der Waals surface area (Å²) in [7, 11) is 0. The van der Waals surface area contributed by atoms with Gasteiger partial charge in [0.25, 0.3) is 0 Å². The van der Waals surface area contributed by atoms with Crippen LogP contribution in [0.3, 0.4) is 0 Å². The van der Waals surface area contributed by atoms with Crippen molar-refractivity contribution in [2.45, 2.75) is 25.3 Å². The molecule has 19 heavy (non-hydrogen) atoms. The van der Waals surface area contributed by atoms with Gasteiger partial charge >= 0.3 is 5.97 Å². The van der Waals surface area contributed by atoms with Gasteiger partial charge in [-0.1, -0.05) is 6.07 Å². The molecule has 0 atom stereocenters. The Hall–Kier alpha value is -2.37. The highest BCUT2D eigenvalue weighted by atomic mass is 16.4. The van der Waals surface area contributed by atoms with Crippen molar-refractivity contribution in [1.29, 1.82) is 0 Å². The molecule has 1 aromatic heterocycles. The number of benzene rings is 1. The second-order valence-electron chi connectivity index (χ2n) is 4.78. The predicted molar refractivity (Wildman–Crippen MR) is 67.9 cm³/mol. The van der Waals surface area contributed by atoms with Crippen LogP contribution in [0.1, 0.15) is 34.9 Å². The maximum Gasteiger partial charge on any atom is 0.337 e. The number of aromatic nitrogens is 2. The number of para-hydroxylation sites is 1. The Morgan fingerprint density at radius 2 is 2.16 bits per heavy atom. The summed E-state index contributed by atoms with van der Waals surface area (Å²) in [4.78, 5) is 27.0. The minimum absolute atomic E-state index is 0.0351. The average Bonchev–Trinajstić information content (AvgIpc) is 3.12. The van der Waals surface area contributed by atoms with Crippen molar-refractivity contribution in [2.24, 2.45) is 5.73 Å². The molecule has 1 aliphatic rings. The lowest BCUT2D eigenvalue weighted by Crippen LogP contribution is -2.20. The number of imidazole rings is 1. The molecule has 3 rings (SSSR count). The number of aromatic carboxylic acids is 1. The SMILES string of the molecule is NC(=O)Cn1c(C2CC2)nc2cccc(C(=O)O)c21. The van der Waals surface area contributed by atoms with Crippen LogP contribution in [0, 0.1) is 0 Å². The lowest BCUT2D eigenvalue weighted by Gasteiger charge is -2.07. The van der Waals surface area contributed by atoms with Crippen molar-refractivity contribution < 1.29 is 14.7 Å². The van der Waals surface area contributed by atoms with E-state index in [1.807, 2.05) is 0 Å². The van der Waals surface area contributed by atoms with Gasteiger partial charge in [0.05, 0.1) is 16.6 Å². The first-order chi connectivity index (χ1) is 9.08. The van der Waals surface area contributed by atoms with E-state index in [2.05, 4.69) is 4.98 Å². The van der Waals surface area contributed by atoms with Crippen molar-refractivity contribution in [3.8, 4) is 0 Å². The number of fused-ring (bicyclic) bond motifs is 1. The molecule has 3 N–H and O–H groups in total. The molecule has 0 spiro atoms. The van der Waals surface area contributed by atoms with Gasteiger partial charge in [-0.05, 0) is 25.0 Å². The fourth-order valence-electron chi connectivity index (χ4n) is 2.35. The molecule has 1 saturated carbocycles. The smallest absolute Gasteiger partial charge is 0.337 e. The summed E-state index contributed by atoms with van der Waals surface area (Å²) in [6.45, 7) is -0.0351. The Balaban J connectivity index is 2.29. The molecule has 0 unspecified atom stereocenters. The van der Waals surface area contributed by atoms with E-state index in [0.717, 1.165) is 18.7 Å². The third kappa shape index (κ3) is 1.95. The number of primary amides is 1. The molecular weight excluding hydrogens is 246 g/mol. The molecule has 1 aliphatic carbocycles. The second kappa shape index (κ2) is 4.08. The topological polar surface area (TPSA) is 98.2 Å². The van der Waals surface area contributed by atoms with E-state index in [0.29, 0.717) is 17.0 Å². The molecule has 6 heteroatoms. The summed E-state index contributed by atoms with van der Waals surface area (Å²) in [6, 6.07) is 4.93. The molecule has 0 aliphatic heterocycles.